The van der Waals surface area contributed by atoms with Crippen molar-refractivity contribution in [3.05, 3.63) is 42.0 Å². The van der Waals surface area contributed by atoms with Gasteiger partial charge >= 0.3 is 0 Å². The highest BCUT2D eigenvalue weighted by Gasteiger charge is 2.11. The van der Waals surface area contributed by atoms with Crippen molar-refractivity contribution < 1.29 is 4.79 Å². The van der Waals surface area contributed by atoms with Gasteiger partial charge in [0.15, 0.2) is 0 Å². The van der Waals surface area contributed by atoms with E-state index in [-0.39, 0.29) is 5.78 Å². The van der Waals surface area contributed by atoms with E-state index in [1.165, 1.54) is 12.4 Å². The molecule has 0 saturated carbocycles. The predicted molar refractivity (Wildman–Crippen MR) is 55.3 cm³/mol. The average molecular weight is 202 g/mol. The van der Waals surface area contributed by atoms with Gasteiger partial charge < -0.3 is 5.73 Å². The van der Waals surface area contributed by atoms with Gasteiger partial charge in [0.1, 0.15) is 5.69 Å². The van der Waals surface area contributed by atoms with Crippen molar-refractivity contribution in [3.63, 3.8) is 0 Å². The molecule has 0 fully saturated rings. The molecule has 2 aromatic rings. The lowest BCUT2D eigenvalue weighted by Gasteiger charge is -1.97. The molecular weight excluding hydrogens is 192 g/mol. The molecule has 2 N–H and O–H groups in total. The number of carbonyl (C=O) groups excluding carboxylic acids is 1. The first-order valence-electron chi connectivity index (χ1n) is 4.41. The predicted octanol–water partition coefficient (Wildman–Crippen LogP) is 0.628. The number of anilines is 1. The number of hydrogen-bond donors (Lipinski definition) is 1. The summed E-state index contributed by atoms with van der Waals surface area (Å²) in [5, 5.41) is 3.92. The zero-order chi connectivity index (χ0) is 10.8. The van der Waals surface area contributed by atoms with Gasteiger partial charge in [-0.15, -0.1) is 0 Å². The quantitative estimate of drug-likeness (QED) is 0.725. The van der Waals surface area contributed by atoms with Gasteiger partial charge in [0.25, 0.3) is 0 Å². The molecule has 2 aromatic heterocycles. The number of pyridine rings is 1. The number of nitrogens with zero attached hydrogens (tertiary/aromatic N) is 3. The third-order valence-corrected chi connectivity index (χ3v) is 1.99. The minimum absolute atomic E-state index is 0.150. The van der Waals surface area contributed by atoms with Crippen molar-refractivity contribution >= 4 is 11.5 Å². The van der Waals surface area contributed by atoms with Crippen molar-refractivity contribution in [3.8, 4) is 0 Å². The molecule has 0 amide bonds. The van der Waals surface area contributed by atoms with E-state index < -0.39 is 0 Å². The Bertz CT molecular complexity index is 486. The second-order valence-corrected chi connectivity index (χ2v) is 3.21. The van der Waals surface area contributed by atoms with Crippen LogP contribution in [0.3, 0.4) is 0 Å². The summed E-state index contributed by atoms with van der Waals surface area (Å²) in [5.74, 6) is -0.150. The summed E-state index contributed by atoms with van der Waals surface area (Å²) in [6.45, 7) is 0. The van der Waals surface area contributed by atoms with Crippen LogP contribution in [0.4, 0.5) is 5.69 Å². The molecule has 0 aliphatic heterocycles. The third kappa shape index (κ3) is 1.85. The van der Waals surface area contributed by atoms with Crippen LogP contribution in [0.5, 0.6) is 0 Å². The number of aromatic nitrogens is 3. The van der Waals surface area contributed by atoms with Crippen LogP contribution in [-0.4, -0.2) is 20.5 Å². The molecule has 2 heterocycles. The first kappa shape index (κ1) is 9.39. The van der Waals surface area contributed by atoms with Gasteiger partial charge in [0.2, 0.25) is 5.78 Å². The molecule has 0 aromatic carbocycles. The highest BCUT2D eigenvalue weighted by Crippen LogP contribution is 2.07. The number of rotatable bonds is 2. The Labute approximate surface area is 86.5 Å². The zero-order valence-electron chi connectivity index (χ0n) is 8.21. The Morgan fingerprint density at radius 1 is 1.40 bits per heavy atom. The van der Waals surface area contributed by atoms with Crippen molar-refractivity contribution in [1.29, 1.82) is 0 Å². The summed E-state index contributed by atoms with van der Waals surface area (Å²) in [4.78, 5) is 15.8. The van der Waals surface area contributed by atoms with Crippen molar-refractivity contribution in [2.75, 3.05) is 5.73 Å². The van der Waals surface area contributed by atoms with Crippen LogP contribution < -0.4 is 5.73 Å². The van der Waals surface area contributed by atoms with E-state index in [0.29, 0.717) is 16.9 Å². The third-order valence-electron chi connectivity index (χ3n) is 1.99. The number of hydrogen-bond acceptors (Lipinski definition) is 4. The van der Waals surface area contributed by atoms with E-state index in [0.717, 1.165) is 0 Å². The van der Waals surface area contributed by atoms with Gasteiger partial charge in [-0.1, -0.05) is 0 Å². The molecule has 0 aliphatic carbocycles. The van der Waals surface area contributed by atoms with Crippen LogP contribution >= 0.6 is 0 Å². The van der Waals surface area contributed by atoms with E-state index in [9.17, 15) is 4.79 Å². The molecule has 0 atom stereocenters. The van der Waals surface area contributed by atoms with Crippen molar-refractivity contribution in [2.24, 2.45) is 7.05 Å². The largest absolute Gasteiger partial charge is 0.397 e. The van der Waals surface area contributed by atoms with Crippen LogP contribution in [0.25, 0.3) is 0 Å². The summed E-state index contributed by atoms with van der Waals surface area (Å²) in [6, 6.07) is 3.25. The summed E-state index contributed by atoms with van der Waals surface area (Å²) >= 11 is 0. The summed E-state index contributed by atoms with van der Waals surface area (Å²) in [5.41, 5.74) is 6.91. The van der Waals surface area contributed by atoms with Gasteiger partial charge in [-0.25, -0.2) is 0 Å². The number of nitrogens with two attached hydrogens (primary N) is 1. The lowest BCUT2D eigenvalue weighted by molar-refractivity contribution is 0.103. The lowest BCUT2D eigenvalue weighted by atomic mass is 10.1. The molecule has 2 rings (SSSR count). The summed E-state index contributed by atoms with van der Waals surface area (Å²) < 4.78 is 1.57. The molecule has 0 radical (unpaired) electrons. The standard InChI is InChI=1S/C10H10N4O/c1-14-6-7(4-13-14)10(15)9-3-2-8(11)5-12-9/h2-6H,11H2,1H3. The molecule has 5 nitrogen and oxygen atoms in total. The lowest BCUT2D eigenvalue weighted by Crippen LogP contribution is -2.03. The number of nitrogen functional groups attached to an aromatic ring is 1. The highest BCUT2D eigenvalue weighted by atomic mass is 16.1. The highest BCUT2D eigenvalue weighted by molar-refractivity contribution is 6.07. The molecular formula is C10H10N4O. The first-order valence-corrected chi connectivity index (χ1v) is 4.41. The van der Waals surface area contributed by atoms with Crippen molar-refractivity contribution in [1.82, 2.24) is 14.8 Å². The van der Waals surface area contributed by atoms with E-state index >= 15 is 0 Å². The van der Waals surface area contributed by atoms with Gasteiger partial charge in [-0.3, -0.25) is 14.5 Å². The molecule has 0 bridgehead atoms. The van der Waals surface area contributed by atoms with Gasteiger partial charge in [-0.05, 0) is 12.1 Å². The fraction of sp³-hybridized carbons (Fsp3) is 0.100. The molecule has 15 heavy (non-hydrogen) atoms. The molecule has 0 unspecified atom stereocenters. The fourth-order valence-corrected chi connectivity index (χ4v) is 1.23. The second kappa shape index (κ2) is 3.53. The maximum Gasteiger partial charge on any atom is 0.214 e. The topological polar surface area (TPSA) is 73.8 Å². The fourth-order valence-electron chi connectivity index (χ4n) is 1.23. The van der Waals surface area contributed by atoms with E-state index in [4.69, 9.17) is 5.73 Å². The Hall–Kier alpha value is -2.17. The van der Waals surface area contributed by atoms with Crippen LogP contribution in [0, 0.1) is 0 Å². The molecule has 0 aliphatic rings. The van der Waals surface area contributed by atoms with E-state index in [1.807, 2.05) is 0 Å². The Balaban J connectivity index is 2.32. The number of carbonyl (C=O) groups is 1. The Morgan fingerprint density at radius 2 is 2.20 bits per heavy atom. The molecule has 0 spiro atoms. The van der Waals surface area contributed by atoms with Gasteiger partial charge in [0, 0.05) is 13.2 Å². The monoisotopic (exact) mass is 202 g/mol. The first-order chi connectivity index (χ1) is 7.16. The average Bonchev–Trinajstić information content (AvgIpc) is 2.65. The minimum Gasteiger partial charge on any atom is -0.397 e. The smallest absolute Gasteiger partial charge is 0.214 e. The minimum atomic E-state index is -0.150. The zero-order valence-corrected chi connectivity index (χ0v) is 8.21. The van der Waals surface area contributed by atoms with Gasteiger partial charge in [0.05, 0.1) is 23.6 Å². The van der Waals surface area contributed by atoms with Crippen LogP contribution in [0.1, 0.15) is 16.1 Å². The molecule has 76 valence electrons. The number of aryl methyl sites for hydroxylation is 1. The van der Waals surface area contributed by atoms with Gasteiger partial charge in [-0.2, -0.15) is 5.10 Å². The van der Waals surface area contributed by atoms with Crippen LogP contribution in [-0.2, 0) is 7.05 Å². The maximum absolute atomic E-state index is 11.8. The Morgan fingerprint density at radius 3 is 2.73 bits per heavy atom. The van der Waals surface area contributed by atoms with E-state index in [2.05, 4.69) is 10.1 Å². The number of ketones is 1. The second-order valence-electron chi connectivity index (χ2n) is 3.21. The Kier molecular flexibility index (Phi) is 2.21. The SMILES string of the molecule is Cn1cc(C(=O)c2ccc(N)cn2)cn1. The van der Waals surface area contributed by atoms with Crippen LogP contribution in [0.15, 0.2) is 30.7 Å². The molecule has 0 saturated heterocycles. The molecule has 5 heteroatoms. The van der Waals surface area contributed by atoms with E-state index in [1.54, 1.807) is 30.1 Å². The van der Waals surface area contributed by atoms with Crippen LogP contribution in [0.2, 0.25) is 0 Å². The summed E-state index contributed by atoms with van der Waals surface area (Å²) in [6.07, 6.45) is 4.63. The maximum atomic E-state index is 11.8. The summed E-state index contributed by atoms with van der Waals surface area (Å²) in [7, 11) is 1.76. The van der Waals surface area contributed by atoms with Crippen molar-refractivity contribution in [2.45, 2.75) is 0 Å². The normalized spacial score (nSPS) is 10.2.